The summed E-state index contributed by atoms with van der Waals surface area (Å²) < 4.78 is 27.4. The van der Waals surface area contributed by atoms with Crippen LogP contribution in [0.4, 0.5) is 0 Å². The first kappa shape index (κ1) is 13.8. The van der Waals surface area contributed by atoms with Crippen LogP contribution in [-0.4, -0.2) is 33.0 Å². The van der Waals surface area contributed by atoms with Crippen LogP contribution >= 0.6 is 0 Å². The minimum atomic E-state index is -3.38. The van der Waals surface area contributed by atoms with Crippen molar-refractivity contribution in [2.24, 2.45) is 0 Å². The zero-order valence-electron chi connectivity index (χ0n) is 9.16. The summed E-state index contributed by atoms with van der Waals surface area (Å²) in [6, 6.07) is 0. The second-order valence-corrected chi connectivity index (χ2v) is 5.62. The normalized spacial score (nSPS) is 13.1. The molecule has 0 radical (unpaired) electrons. The minimum Gasteiger partial charge on any atom is -0.381 e. The minimum absolute atomic E-state index is 0.0864. The fourth-order valence-electron chi connectivity index (χ4n) is 0.543. The van der Waals surface area contributed by atoms with Crippen molar-refractivity contribution in [3.63, 3.8) is 0 Å². The molecule has 0 aromatic rings. The predicted octanol–water partition coefficient (Wildman–Crippen LogP) is 0.672. The molecule has 0 saturated carbocycles. The first-order chi connectivity index (χ1) is 6.27. The second-order valence-electron chi connectivity index (χ2n) is 3.81. The molecular formula is C8H19NO4S. The maximum atomic E-state index is 11.2. The van der Waals surface area contributed by atoms with Crippen molar-refractivity contribution in [1.82, 2.24) is 4.89 Å². The summed E-state index contributed by atoms with van der Waals surface area (Å²) in [4.78, 5) is 6.98. The van der Waals surface area contributed by atoms with Crippen molar-refractivity contribution in [1.29, 1.82) is 0 Å². The van der Waals surface area contributed by atoms with Crippen molar-refractivity contribution < 1.29 is 18.0 Å². The van der Waals surface area contributed by atoms with Crippen LogP contribution in [0.5, 0.6) is 0 Å². The van der Waals surface area contributed by atoms with Gasteiger partial charge in [-0.1, -0.05) is 4.89 Å². The zero-order valence-corrected chi connectivity index (χ0v) is 9.98. The highest BCUT2D eigenvalue weighted by molar-refractivity contribution is 7.89. The largest absolute Gasteiger partial charge is 0.381 e. The van der Waals surface area contributed by atoms with Gasteiger partial charge in [-0.25, -0.2) is 8.42 Å². The monoisotopic (exact) mass is 225 g/mol. The number of sulfonamides is 1. The van der Waals surface area contributed by atoms with E-state index in [-0.39, 0.29) is 12.4 Å². The van der Waals surface area contributed by atoms with E-state index >= 15 is 0 Å². The van der Waals surface area contributed by atoms with Crippen molar-refractivity contribution in [2.75, 3.05) is 19.0 Å². The predicted molar refractivity (Wildman–Crippen MR) is 54.3 cm³/mol. The molecule has 5 nitrogen and oxygen atoms in total. The molecule has 0 aliphatic carbocycles. The molecule has 0 heterocycles. The zero-order chi connectivity index (χ0) is 11.2. The molecule has 0 atom stereocenters. The Balaban J connectivity index is 3.85. The maximum absolute atomic E-state index is 11.2. The first-order valence-corrected chi connectivity index (χ1v) is 6.17. The summed E-state index contributed by atoms with van der Waals surface area (Å²) in [5.74, 6) is -0.0864. The molecule has 14 heavy (non-hydrogen) atoms. The Morgan fingerprint density at radius 3 is 2.29 bits per heavy atom. The van der Waals surface area contributed by atoms with E-state index in [1.54, 1.807) is 20.8 Å². The Labute approximate surface area is 85.8 Å². The Bertz CT molecular complexity index is 243. The summed E-state index contributed by atoms with van der Waals surface area (Å²) >= 11 is 0. The van der Waals surface area contributed by atoms with Gasteiger partial charge in [-0.05, 0) is 27.7 Å². The van der Waals surface area contributed by atoms with Crippen LogP contribution in [0.25, 0.3) is 0 Å². The summed E-state index contributed by atoms with van der Waals surface area (Å²) in [5, 5.41) is 0. The third-order valence-corrected chi connectivity index (χ3v) is 2.22. The molecule has 0 fully saturated rings. The second kappa shape index (κ2) is 5.65. The van der Waals surface area contributed by atoms with Gasteiger partial charge in [0.15, 0.2) is 0 Å². The highest BCUT2D eigenvalue weighted by Gasteiger charge is 2.16. The Hall–Kier alpha value is -0.170. The third-order valence-electron chi connectivity index (χ3n) is 1.18. The summed E-state index contributed by atoms with van der Waals surface area (Å²) in [6.45, 7) is 7.79. The Kier molecular flexibility index (Phi) is 5.58. The van der Waals surface area contributed by atoms with E-state index in [4.69, 9.17) is 9.57 Å². The molecular weight excluding hydrogens is 206 g/mol. The molecule has 1 N–H and O–H groups in total. The van der Waals surface area contributed by atoms with E-state index in [2.05, 4.69) is 4.89 Å². The Morgan fingerprint density at radius 2 is 1.86 bits per heavy atom. The average Bonchev–Trinajstić information content (AvgIpc) is 2.00. The van der Waals surface area contributed by atoms with E-state index in [1.165, 1.54) is 0 Å². The molecule has 6 heteroatoms. The van der Waals surface area contributed by atoms with E-state index in [9.17, 15) is 8.42 Å². The van der Waals surface area contributed by atoms with Crippen molar-refractivity contribution in [3.8, 4) is 0 Å². The Morgan fingerprint density at radius 1 is 1.29 bits per heavy atom. The van der Waals surface area contributed by atoms with Gasteiger partial charge in [0.1, 0.15) is 0 Å². The van der Waals surface area contributed by atoms with Crippen LogP contribution < -0.4 is 4.89 Å². The van der Waals surface area contributed by atoms with E-state index in [0.717, 1.165) is 0 Å². The topological polar surface area (TPSA) is 64.6 Å². The summed E-state index contributed by atoms with van der Waals surface area (Å²) in [7, 11) is -3.38. The third kappa shape index (κ3) is 8.43. The molecule has 0 amide bonds. The molecule has 0 spiro atoms. The molecule has 0 saturated heterocycles. The molecule has 0 unspecified atom stereocenters. The van der Waals surface area contributed by atoms with Crippen LogP contribution in [-0.2, 0) is 19.6 Å². The average molecular weight is 225 g/mol. The molecule has 0 bridgehead atoms. The van der Waals surface area contributed by atoms with Gasteiger partial charge < -0.3 is 4.74 Å². The van der Waals surface area contributed by atoms with Crippen LogP contribution in [0.1, 0.15) is 27.7 Å². The van der Waals surface area contributed by atoms with Crippen LogP contribution in [0, 0.1) is 0 Å². The highest BCUT2D eigenvalue weighted by atomic mass is 32.2. The van der Waals surface area contributed by atoms with Crippen LogP contribution in [0.2, 0.25) is 0 Å². The number of ether oxygens (including phenoxy) is 1. The lowest BCUT2D eigenvalue weighted by atomic mass is 10.2. The standard InChI is InChI=1S/C8H19NO4S/c1-5-12-6-7-14(10,11)9-13-8(2,3)4/h9H,5-7H2,1-4H3. The lowest BCUT2D eigenvalue weighted by Crippen LogP contribution is -2.35. The smallest absolute Gasteiger partial charge is 0.235 e. The van der Waals surface area contributed by atoms with Gasteiger partial charge in [-0.2, -0.15) is 0 Å². The lowest BCUT2D eigenvalue weighted by Gasteiger charge is -2.18. The molecule has 0 rings (SSSR count). The van der Waals surface area contributed by atoms with Crippen molar-refractivity contribution in [3.05, 3.63) is 0 Å². The highest BCUT2D eigenvalue weighted by Crippen LogP contribution is 2.04. The van der Waals surface area contributed by atoms with Crippen molar-refractivity contribution >= 4 is 10.0 Å². The van der Waals surface area contributed by atoms with Gasteiger partial charge in [0, 0.05) is 6.61 Å². The van der Waals surface area contributed by atoms with Gasteiger partial charge in [-0.3, -0.25) is 4.84 Å². The fraction of sp³-hybridized carbons (Fsp3) is 1.00. The maximum Gasteiger partial charge on any atom is 0.235 e. The lowest BCUT2D eigenvalue weighted by molar-refractivity contribution is -0.0359. The van der Waals surface area contributed by atoms with Gasteiger partial charge >= 0.3 is 0 Å². The van der Waals surface area contributed by atoms with Crippen LogP contribution in [0.3, 0.4) is 0 Å². The van der Waals surface area contributed by atoms with E-state index < -0.39 is 15.6 Å². The fourth-order valence-corrected chi connectivity index (χ4v) is 1.34. The summed E-state index contributed by atoms with van der Waals surface area (Å²) in [5.41, 5.74) is -0.529. The molecule has 0 aromatic carbocycles. The molecule has 0 aromatic heterocycles. The summed E-state index contributed by atoms with van der Waals surface area (Å²) in [6.07, 6.45) is 0. The number of hydrogen-bond acceptors (Lipinski definition) is 4. The SMILES string of the molecule is CCOCCS(=O)(=O)NOC(C)(C)C. The van der Waals surface area contributed by atoms with Crippen LogP contribution in [0.15, 0.2) is 0 Å². The number of rotatable bonds is 6. The number of hydrogen-bond donors (Lipinski definition) is 1. The van der Waals surface area contributed by atoms with Gasteiger partial charge in [-0.15, -0.1) is 0 Å². The molecule has 0 aliphatic heterocycles. The van der Waals surface area contributed by atoms with Crippen molar-refractivity contribution in [2.45, 2.75) is 33.3 Å². The molecule has 0 aliphatic rings. The number of nitrogens with one attached hydrogen (secondary N) is 1. The van der Waals surface area contributed by atoms with E-state index in [1.807, 2.05) is 6.92 Å². The van der Waals surface area contributed by atoms with Gasteiger partial charge in [0.05, 0.1) is 18.0 Å². The van der Waals surface area contributed by atoms with Gasteiger partial charge in [0.2, 0.25) is 10.0 Å². The van der Waals surface area contributed by atoms with Gasteiger partial charge in [0.25, 0.3) is 0 Å². The molecule has 86 valence electrons. The van der Waals surface area contributed by atoms with E-state index in [0.29, 0.717) is 6.61 Å². The first-order valence-electron chi connectivity index (χ1n) is 4.52. The quantitative estimate of drug-likeness (QED) is 0.533.